The van der Waals surface area contributed by atoms with E-state index < -0.39 is 0 Å². The van der Waals surface area contributed by atoms with Crippen LogP contribution in [0.5, 0.6) is 0 Å². The van der Waals surface area contributed by atoms with Gasteiger partial charge in [-0.3, -0.25) is 4.40 Å². The van der Waals surface area contributed by atoms with Crippen LogP contribution in [-0.2, 0) is 0 Å². The number of amides is 2. The first kappa shape index (κ1) is 15.6. The summed E-state index contributed by atoms with van der Waals surface area (Å²) in [5.74, 6) is 1.27. The van der Waals surface area contributed by atoms with Crippen molar-refractivity contribution in [2.75, 3.05) is 13.1 Å². The predicted molar refractivity (Wildman–Crippen MR) is 97.0 cm³/mol. The Morgan fingerprint density at radius 3 is 2.96 bits per heavy atom. The Morgan fingerprint density at radius 2 is 2.08 bits per heavy atom. The Labute approximate surface area is 151 Å². The summed E-state index contributed by atoms with van der Waals surface area (Å²) in [6, 6.07) is 2.31. The molecule has 26 heavy (non-hydrogen) atoms. The van der Waals surface area contributed by atoms with Crippen molar-refractivity contribution in [3.63, 3.8) is 0 Å². The van der Waals surface area contributed by atoms with E-state index in [1.54, 1.807) is 6.20 Å². The molecule has 8 heteroatoms. The van der Waals surface area contributed by atoms with E-state index in [1.165, 1.54) is 0 Å². The third kappa shape index (κ3) is 2.60. The van der Waals surface area contributed by atoms with Gasteiger partial charge in [-0.1, -0.05) is 6.42 Å². The molecule has 4 heterocycles. The molecule has 2 amide bonds. The Kier molecular flexibility index (Phi) is 3.76. The summed E-state index contributed by atoms with van der Waals surface area (Å²) in [6.07, 6.45) is 9.99. The molecule has 0 radical (unpaired) electrons. The number of aromatic nitrogens is 5. The number of aromatic amines is 1. The Bertz CT molecular complexity index is 939. The van der Waals surface area contributed by atoms with Crippen LogP contribution < -0.4 is 5.32 Å². The Hall–Kier alpha value is -2.64. The van der Waals surface area contributed by atoms with Crippen LogP contribution in [-0.4, -0.2) is 54.6 Å². The zero-order chi connectivity index (χ0) is 17.5. The predicted octanol–water partition coefficient (Wildman–Crippen LogP) is 2.44. The first-order valence-corrected chi connectivity index (χ1v) is 9.52. The second kappa shape index (κ2) is 6.26. The minimum absolute atomic E-state index is 0.0940. The smallest absolute Gasteiger partial charge is 0.317 e. The van der Waals surface area contributed by atoms with E-state index in [0.29, 0.717) is 5.92 Å². The van der Waals surface area contributed by atoms with Crippen LogP contribution in [0.25, 0.3) is 16.8 Å². The molecular weight excluding hydrogens is 330 g/mol. The highest BCUT2D eigenvalue weighted by molar-refractivity contribution is 5.75. The molecule has 3 aromatic rings. The van der Waals surface area contributed by atoms with Crippen molar-refractivity contribution < 1.29 is 4.79 Å². The third-order valence-corrected chi connectivity index (χ3v) is 5.73. The number of hydrogen-bond donors (Lipinski definition) is 2. The molecule has 2 atom stereocenters. The fourth-order valence-corrected chi connectivity index (χ4v) is 4.40. The first-order valence-electron chi connectivity index (χ1n) is 9.52. The molecule has 0 aromatic carbocycles. The summed E-state index contributed by atoms with van der Waals surface area (Å²) in [7, 11) is 0. The molecule has 0 bridgehead atoms. The number of carbonyl (C=O) groups is 1. The topological polar surface area (TPSA) is 91.2 Å². The summed E-state index contributed by atoms with van der Waals surface area (Å²) in [4.78, 5) is 21.9. The van der Waals surface area contributed by atoms with Gasteiger partial charge in [-0.15, -0.1) is 10.2 Å². The molecule has 1 saturated heterocycles. The normalized spacial score (nSPS) is 23.8. The molecule has 2 unspecified atom stereocenters. The maximum Gasteiger partial charge on any atom is 0.317 e. The van der Waals surface area contributed by atoms with Gasteiger partial charge in [0.1, 0.15) is 5.82 Å². The molecule has 1 aliphatic heterocycles. The molecule has 2 fully saturated rings. The van der Waals surface area contributed by atoms with Gasteiger partial charge in [0, 0.05) is 31.2 Å². The highest BCUT2D eigenvalue weighted by Crippen LogP contribution is 2.33. The van der Waals surface area contributed by atoms with Gasteiger partial charge < -0.3 is 15.2 Å². The minimum atomic E-state index is 0.0940. The fraction of sp³-hybridized carbons (Fsp3) is 0.556. The molecule has 3 aromatic heterocycles. The zero-order valence-corrected chi connectivity index (χ0v) is 14.7. The summed E-state index contributed by atoms with van der Waals surface area (Å²) in [6.45, 7) is 1.77. The van der Waals surface area contributed by atoms with Gasteiger partial charge in [0.05, 0.1) is 11.7 Å². The van der Waals surface area contributed by atoms with Crippen LogP contribution in [0.2, 0.25) is 0 Å². The lowest BCUT2D eigenvalue weighted by Gasteiger charge is -2.30. The lowest BCUT2D eigenvalue weighted by Crippen LogP contribution is -2.45. The van der Waals surface area contributed by atoms with Gasteiger partial charge in [0.15, 0.2) is 11.3 Å². The van der Waals surface area contributed by atoms with Crippen molar-refractivity contribution >= 4 is 22.8 Å². The molecule has 136 valence electrons. The van der Waals surface area contributed by atoms with Crippen molar-refractivity contribution in [2.24, 2.45) is 0 Å². The van der Waals surface area contributed by atoms with Crippen molar-refractivity contribution in [3.8, 4) is 0 Å². The number of urea groups is 1. The van der Waals surface area contributed by atoms with E-state index in [1.807, 2.05) is 17.2 Å². The van der Waals surface area contributed by atoms with Crippen LogP contribution in [0.15, 0.2) is 18.5 Å². The van der Waals surface area contributed by atoms with Crippen LogP contribution in [0, 0.1) is 0 Å². The Morgan fingerprint density at radius 1 is 1.19 bits per heavy atom. The lowest BCUT2D eigenvalue weighted by molar-refractivity contribution is 0.198. The van der Waals surface area contributed by atoms with Crippen LogP contribution in [0.4, 0.5) is 4.79 Å². The molecule has 2 N–H and O–H groups in total. The number of nitrogens with one attached hydrogen (secondary N) is 2. The summed E-state index contributed by atoms with van der Waals surface area (Å²) < 4.78 is 2.11. The highest BCUT2D eigenvalue weighted by atomic mass is 16.2. The van der Waals surface area contributed by atoms with E-state index in [4.69, 9.17) is 0 Å². The van der Waals surface area contributed by atoms with Gasteiger partial charge in [-0.25, -0.2) is 9.78 Å². The number of carbonyl (C=O) groups excluding carboxylic acids is 1. The summed E-state index contributed by atoms with van der Waals surface area (Å²) in [5, 5.41) is 12.0. The standard InChI is InChI=1S/C18H23N7O/c26-18(24-8-1-2-9-24)21-13-5-3-4-12(10-13)17-23-22-15-11-20-16-14(25(15)17)6-7-19-16/h6-7,11-13,19H,1-5,8-10H2,(H,21,26). The summed E-state index contributed by atoms with van der Waals surface area (Å²) >= 11 is 0. The molecule has 1 saturated carbocycles. The number of rotatable bonds is 2. The maximum absolute atomic E-state index is 12.4. The van der Waals surface area contributed by atoms with Crippen molar-refractivity contribution in [2.45, 2.75) is 50.5 Å². The highest BCUT2D eigenvalue weighted by Gasteiger charge is 2.29. The SMILES string of the molecule is O=C(NC1CCCC(c2nnc3cnc4[nH]ccc4n23)C1)N1CCCC1. The van der Waals surface area contributed by atoms with Crippen molar-refractivity contribution in [1.82, 2.24) is 34.8 Å². The lowest BCUT2D eigenvalue weighted by atomic mass is 9.85. The van der Waals surface area contributed by atoms with E-state index in [2.05, 4.69) is 29.9 Å². The van der Waals surface area contributed by atoms with Crippen molar-refractivity contribution in [1.29, 1.82) is 0 Å². The molecule has 5 rings (SSSR count). The maximum atomic E-state index is 12.4. The number of hydrogen-bond acceptors (Lipinski definition) is 4. The van der Waals surface area contributed by atoms with E-state index in [-0.39, 0.29) is 12.1 Å². The average Bonchev–Trinajstić information content (AvgIpc) is 3.40. The quantitative estimate of drug-likeness (QED) is 0.740. The molecular formula is C18H23N7O. The molecule has 1 aliphatic carbocycles. The van der Waals surface area contributed by atoms with Gasteiger partial charge in [-0.05, 0) is 38.2 Å². The second-order valence-corrected chi connectivity index (χ2v) is 7.43. The number of H-pyrrole nitrogens is 1. The number of fused-ring (bicyclic) bond motifs is 3. The van der Waals surface area contributed by atoms with Gasteiger partial charge in [-0.2, -0.15) is 0 Å². The van der Waals surface area contributed by atoms with Crippen LogP contribution in [0.1, 0.15) is 50.3 Å². The largest absolute Gasteiger partial charge is 0.345 e. The van der Waals surface area contributed by atoms with E-state index >= 15 is 0 Å². The van der Waals surface area contributed by atoms with Crippen LogP contribution >= 0.6 is 0 Å². The van der Waals surface area contributed by atoms with Crippen LogP contribution in [0.3, 0.4) is 0 Å². The second-order valence-electron chi connectivity index (χ2n) is 7.43. The zero-order valence-electron chi connectivity index (χ0n) is 14.7. The molecule has 0 spiro atoms. The minimum Gasteiger partial charge on any atom is -0.345 e. The first-order chi connectivity index (χ1) is 12.8. The van der Waals surface area contributed by atoms with Gasteiger partial charge >= 0.3 is 6.03 Å². The number of nitrogens with zero attached hydrogens (tertiary/aromatic N) is 5. The summed E-state index contributed by atoms with van der Waals surface area (Å²) in [5.41, 5.74) is 2.62. The van der Waals surface area contributed by atoms with Gasteiger partial charge in [0.2, 0.25) is 0 Å². The number of likely N-dealkylation sites (tertiary alicyclic amines) is 1. The monoisotopic (exact) mass is 353 g/mol. The average molecular weight is 353 g/mol. The third-order valence-electron chi connectivity index (χ3n) is 5.73. The van der Waals surface area contributed by atoms with Crippen molar-refractivity contribution in [3.05, 3.63) is 24.3 Å². The Balaban J connectivity index is 1.39. The van der Waals surface area contributed by atoms with E-state index in [9.17, 15) is 4.79 Å². The fourth-order valence-electron chi connectivity index (χ4n) is 4.40. The van der Waals surface area contributed by atoms with Gasteiger partial charge in [0.25, 0.3) is 0 Å². The van der Waals surface area contributed by atoms with E-state index in [0.717, 1.165) is 74.2 Å². The molecule has 8 nitrogen and oxygen atoms in total. The molecule has 2 aliphatic rings.